The van der Waals surface area contributed by atoms with Crippen molar-refractivity contribution < 1.29 is 14.4 Å². The SMILES string of the molecule is CN1CCN(C(=O)c2ccc3c(c2)[nH]c2c(C(N)=O)ccc(-c4cccc(NC(=O)c5ccc(Cl)cn5)c4CN)c23)CC1. The van der Waals surface area contributed by atoms with Gasteiger partial charge in [-0.3, -0.25) is 14.4 Å². The number of piperazine rings is 1. The molecule has 1 saturated heterocycles. The summed E-state index contributed by atoms with van der Waals surface area (Å²) in [5, 5.41) is 4.94. The number of fused-ring (bicyclic) bond motifs is 3. The fraction of sp³-hybridized carbons (Fsp3) is 0.188. The summed E-state index contributed by atoms with van der Waals surface area (Å²) in [5.74, 6) is -1.01. The number of hydrogen-bond acceptors (Lipinski definition) is 6. The standard InChI is InChI=1S/C32H30ClN7O3/c1-39-11-13-40(14-12-39)32(43)18-5-7-22-27(15-18)37-29-23(30(35)41)9-8-21(28(22)29)20-3-2-4-25(24(20)16-34)38-31(42)26-10-6-19(33)17-36-26/h2-10,15,17,37H,11-14,16,34H2,1H3,(H2,35,41)(H,38,42). The van der Waals surface area contributed by atoms with E-state index < -0.39 is 11.8 Å². The van der Waals surface area contributed by atoms with Gasteiger partial charge >= 0.3 is 0 Å². The number of aromatic amines is 1. The molecule has 0 radical (unpaired) electrons. The number of carbonyl (C=O) groups is 3. The molecule has 3 heterocycles. The molecule has 1 aliphatic rings. The van der Waals surface area contributed by atoms with Gasteiger partial charge in [-0.2, -0.15) is 0 Å². The predicted molar refractivity (Wildman–Crippen MR) is 168 cm³/mol. The summed E-state index contributed by atoms with van der Waals surface area (Å²) in [7, 11) is 2.04. The van der Waals surface area contributed by atoms with Gasteiger partial charge in [0.2, 0.25) is 0 Å². The molecular weight excluding hydrogens is 566 g/mol. The number of H-pyrrole nitrogens is 1. The van der Waals surface area contributed by atoms with Crippen molar-refractivity contribution in [1.29, 1.82) is 0 Å². The lowest BCUT2D eigenvalue weighted by Crippen LogP contribution is -2.47. The van der Waals surface area contributed by atoms with E-state index in [9.17, 15) is 14.4 Å². The van der Waals surface area contributed by atoms with Crippen LogP contribution in [-0.2, 0) is 6.54 Å². The molecule has 1 fully saturated rings. The number of nitrogens with one attached hydrogen (secondary N) is 2. The van der Waals surface area contributed by atoms with Crippen molar-refractivity contribution in [2.24, 2.45) is 11.5 Å². The van der Waals surface area contributed by atoms with Crippen LogP contribution in [-0.4, -0.2) is 70.7 Å². The van der Waals surface area contributed by atoms with Crippen LogP contribution in [0.2, 0.25) is 5.02 Å². The molecule has 3 amide bonds. The second-order valence-electron chi connectivity index (χ2n) is 10.6. The second kappa shape index (κ2) is 11.5. The molecule has 0 spiro atoms. The molecule has 0 saturated carbocycles. The van der Waals surface area contributed by atoms with Gasteiger partial charge < -0.3 is 31.6 Å². The van der Waals surface area contributed by atoms with Gasteiger partial charge in [-0.15, -0.1) is 0 Å². The van der Waals surface area contributed by atoms with Crippen LogP contribution in [0.5, 0.6) is 0 Å². The summed E-state index contributed by atoms with van der Waals surface area (Å²) in [6.45, 7) is 3.11. The lowest BCUT2D eigenvalue weighted by atomic mass is 9.92. The number of rotatable bonds is 6. The van der Waals surface area contributed by atoms with Crippen molar-refractivity contribution in [1.82, 2.24) is 19.8 Å². The van der Waals surface area contributed by atoms with E-state index in [1.807, 2.05) is 48.3 Å². The van der Waals surface area contributed by atoms with Crippen LogP contribution in [0.15, 0.2) is 66.9 Å². The van der Waals surface area contributed by atoms with Crippen LogP contribution in [0.4, 0.5) is 5.69 Å². The maximum Gasteiger partial charge on any atom is 0.274 e. The number of aromatic nitrogens is 2. The molecular formula is C32H30ClN7O3. The number of amides is 3. The minimum absolute atomic E-state index is 0.0342. The molecule has 218 valence electrons. The summed E-state index contributed by atoms with van der Waals surface area (Å²) >= 11 is 5.93. The summed E-state index contributed by atoms with van der Waals surface area (Å²) in [6, 6.07) is 17.7. The van der Waals surface area contributed by atoms with Gasteiger partial charge in [-0.05, 0) is 60.1 Å². The van der Waals surface area contributed by atoms with Crippen LogP contribution in [0.3, 0.4) is 0 Å². The third-order valence-electron chi connectivity index (χ3n) is 7.94. The molecule has 0 unspecified atom stereocenters. The maximum atomic E-state index is 13.3. The monoisotopic (exact) mass is 595 g/mol. The van der Waals surface area contributed by atoms with Crippen molar-refractivity contribution in [3.63, 3.8) is 0 Å². The lowest BCUT2D eigenvalue weighted by molar-refractivity contribution is 0.0664. The Labute approximate surface area is 252 Å². The molecule has 6 rings (SSSR count). The van der Waals surface area contributed by atoms with E-state index in [0.29, 0.717) is 51.5 Å². The number of nitrogens with two attached hydrogens (primary N) is 2. The summed E-state index contributed by atoms with van der Waals surface area (Å²) < 4.78 is 0. The highest BCUT2D eigenvalue weighted by Crippen LogP contribution is 2.39. The second-order valence-corrected chi connectivity index (χ2v) is 11.0. The van der Waals surface area contributed by atoms with Crippen LogP contribution >= 0.6 is 11.6 Å². The van der Waals surface area contributed by atoms with Gasteiger partial charge in [-0.25, -0.2) is 4.98 Å². The van der Waals surface area contributed by atoms with Crippen LogP contribution < -0.4 is 16.8 Å². The van der Waals surface area contributed by atoms with E-state index in [4.69, 9.17) is 23.1 Å². The number of carbonyl (C=O) groups excluding carboxylic acids is 3. The van der Waals surface area contributed by atoms with Crippen molar-refractivity contribution >= 4 is 56.8 Å². The van der Waals surface area contributed by atoms with Gasteiger partial charge in [0.25, 0.3) is 17.7 Å². The van der Waals surface area contributed by atoms with Crippen molar-refractivity contribution in [3.8, 4) is 11.1 Å². The molecule has 43 heavy (non-hydrogen) atoms. The Balaban J connectivity index is 1.45. The zero-order chi connectivity index (χ0) is 30.2. The van der Waals surface area contributed by atoms with E-state index >= 15 is 0 Å². The first-order valence-corrected chi connectivity index (χ1v) is 14.2. The fourth-order valence-electron chi connectivity index (χ4n) is 5.64. The molecule has 10 nitrogen and oxygen atoms in total. The van der Waals surface area contributed by atoms with E-state index in [0.717, 1.165) is 35.0 Å². The summed E-state index contributed by atoms with van der Waals surface area (Å²) in [4.78, 5) is 50.3. The van der Waals surface area contributed by atoms with E-state index in [-0.39, 0.29) is 18.1 Å². The van der Waals surface area contributed by atoms with Gasteiger partial charge in [0.1, 0.15) is 5.69 Å². The Kier molecular flexibility index (Phi) is 7.57. The Morgan fingerprint density at radius 3 is 2.49 bits per heavy atom. The molecule has 1 aliphatic heterocycles. The fourth-order valence-corrected chi connectivity index (χ4v) is 5.75. The average Bonchev–Trinajstić information content (AvgIpc) is 3.39. The smallest absolute Gasteiger partial charge is 0.274 e. The molecule has 2 aromatic heterocycles. The van der Waals surface area contributed by atoms with Crippen LogP contribution in [0, 0.1) is 0 Å². The van der Waals surface area contributed by atoms with E-state index in [2.05, 4.69) is 20.2 Å². The zero-order valence-electron chi connectivity index (χ0n) is 23.5. The molecule has 0 aliphatic carbocycles. The Morgan fingerprint density at radius 2 is 1.79 bits per heavy atom. The Bertz CT molecular complexity index is 1890. The maximum absolute atomic E-state index is 13.3. The number of primary amides is 1. The first-order chi connectivity index (χ1) is 20.7. The molecule has 3 aromatic carbocycles. The van der Waals surface area contributed by atoms with Crippen molar-refractivity contribution in [2.45, 2.75) is 6.54 Å². The lowest BCUT2D eigenvalue weighted by Gasteiger charge is -2.32. The first kappa shape index (κ1) is 28.4. The zero-order valence-corrected chi connectivity index (χ0v) is 24.2. The molecule has 6 N–H and O–H groups in total. The quantitative estimate of drug-likeness (QED) is 0.231. The number of halogens is 1. The molecule has 11 heteroatoms. The Morgan fingerprint density at radius 1 is 1.00 bits per heavy atom. The highest BCUT2D eigenvalue weighted by molar-refractivity contribution is 6.30. The first-order valence-electron chi connectivity index (χ1n) is 13.9. The highest BCUT2D eigenvalue weighted by Gasteiger charge is 2.23. The number of pyridine rings is 1. The van der Waals surface area contributed by atoms with Gasteiger partial charge in [0.05, 0.1) is 16.1 Å². The third kappa shape index (κ3) is 5.32. The minimum atomic E-state index is -0.577. The third-order valence-corrected chi connectivity index (χ3v) is 8.16. The van der Waals surface area contributed by atoms with Crippen molar-refractivity contribution in [2.75, 3.05) is 38.5 Å². The van der Waals surface area contributed by atoms with Gasteiger partial charge in [-0.1, -0.05) is 35.9 Å². The predicted octanol–water partition coefficient (Wildman–Crippen LogP) is 4.23. The van der Waals surface area contributed by atoms with Crippen LogP contribution in [0.25, 0.3) is 32.9 Å². The number of anilines is 1. The molecule has 0 atom stereocenters. The number of benzene rings is 3. The van der Waals surface area contributed by atoms with Crippen molar-refractivity contribution in [3.05, 3.63) is 94.3 Å². The number of likely N-dealkylation sites (N-methyl/N-ethyl adjacent to an activating group) is 1. The van der Waals surface area contributed by atoms with Gasteiger partial charge in [0, 0.05) is 66.5 Å². The van der Waals surface area contributed by atoms with Crippen LogP contribution in [0.1, 0.15) is 36.8 Å². The summed E-state index contributed by atoms with van der Waals surface area (Å²) in [6.07, 6.45) is 1.41. The molecule has 5 aromatic rings. The summed E-state index contributed by atoms with van der Waals surface area (Å²) in [5.41, 5.74) is 17.2. The number of hydrogen-bond donors (Lipinski definition) is 4. The topological polar surface area (TPSA) is 150 Å². The Hall–Kier alpha value is -4.77. The average molecular weight is 596 g/mol. The highest BCUT2D eigenvalue weighted by atomic mass is 35.5. The van der Waals surface area contributed by atoms with E-state index in [1.165, 1.54) is 6.20 Å². The molecule has 0 bridgehead atoms. The number of nitrogens with zero attached hydrogens (tertiary/aromatic N) is 3. The largest absolute Gasteiger partial charge is 0.366 e. The minimum Gasteiger partial charge on any atom is -0.366 e. The normalized spacial score (nSPS) is 13.9. The van der Waals surface area contributed by atoms with E-state index in [1.54, 1.807) is 24.3 Å². The van der Waals surface area contributed by atoms with Gasteiger partial charge in [0.15, 0.2) is 0 Å².